The van der Waals surface area contributed by atoms with E-state index in [2.05, 4.69) is 16.0 Å². The Kier molecular flexibility index (Phi) is 14.4. The average molecular weight is 273 g/mol. The lowest BCUT2D eigenvalue weighted by atomic mass is 10.4. The maximum absolute atomic E-state index is 11.0. The normalized spacial score (nSPS) is 11.1. The Morgan fingerprint density at radius 2 is 1.68 bits per heavy atom. The van der Waals surface area contributed by atoms with Crippen LogP contribution in [0.5, 0.6) is 0 Å². The molecule has 0 aliphatic carbocycles. The van der Waals surface area contributed by atoms with E-state index in [0.29, 0.717) is 19.9 Å². The predicted molar refractivity (Wildman–Crippen MR) is 76.0 cm³/mol. The molecule has 0 aliphatic rings. The summed E-state index contributed by atoms with van der Waals surface area (Å²) in [5.41, 5.74) is 0. The minimum absolute atomic E-state index is 0.289. The molecule has 0 amide bonds. The number of carbonyl (C=O) groups is 1. The minimum Gasteiger partial charge on any atom is -0.463 e. The standard InChI is InChI=1S/C13H27N3O3/c1-3-18-12-16-11-10-15-9-8-14-7-5-6-13(17)19-4-2/h5-6,14-16H,3-4,7-12H2,1-2H3. The van der Waals surface area contributed by atoms with Crippen LogP contribution in [-0.2, 0) is 14.3 Å². The van der Waals surface area contributed by atoms with Gasteiger partial charge in [-0.05, 0) is 13.8 Å². The Balaban J connectivity index is 3.12. The van der Waals surface area contributed by atoms with Gasteiger partial charge in [-0.25, -0.2) is 4.79 Å². The largest absolute Gasteiger partial charge is 0.463 e. The van der Waals surface area contributed by atoms with E-state index in [0.717, 1.165) is 32.8 Å². The molecule has 0 aromatic heterocycles. The van der Waals surface area contributed by atoms with Crippen molar-refractivity contribution in [2.24, 2.45) is 0 Å². The van der Waals surface area contributed by atoms with Crippen molar-refractivity contribution >= 4 is 5.97 Å². The van der Waals surface area contributed by atoms with Gasteiger partial charge in [0.05, 0.1) is 13.3 Å². The number of carbonyl (C=O) groups excluding carboxylic acids is 1. The van der Waals surface area contributed by atoms with Gasteiger partial charge in [-0.1, -0.05) is 6.08 Å². The van der Waals surface area contributed by atoms with Gasteiger partial charge in [0.15, 0.2) is 0 Å². The maximum atomic E-state index is 11.0. The van der Waals surface area contributed by atoms with Crippen molar-refractivity contribution in [1.82, 2.24) is 16.0 Å². The van der Waals surface area contributed by atoms with E-state index in [9.17, 15) is 4.79 Å². The smallest absolute Gasteiger partial charge is 0.330 e. The molecular formula is C13H27N3O3. The minimum atomic E-state index is -0.289. The van der Waals surface area contributed by atoms with Gasteiger partial charge in [0.1, 0.15) is 0 Å². The average Bonchev–Trinajstić information content (AvgIpc) is 2.40. The second-order valence-electron chi connectivity index (χ2n) is 3.75. The zero-order chi connectivity index (χ0) is 14.2. The molecule has 0 radical (unpaired) electrons. The summed E-state index contributed by atoms with van der Waals surface area (Å²) in [5.74, 6) is -0.289. The molecule has 0 aliphatic heterocycles. The molecule has 6 nitrogen and oxygen atoms in total. The van der Waals surface area contributed by atoms with Crippen LogP contribution in [0, 0.1) is 0 Å². The van der Waals surface area contributed by atoms with Crippen molar-refractivity contribution in [3.8, 4) is 0 Å². The number of esters is 1. The van der Waals surface area contributed by atoms with Gasteiger partial charge in [0.25, 0.3) is 0 Å². The summed E-state index contributed by atoms with van der Waals surface area (Å²) in [6.07, 6.45) is 3.21. The molecule has 0 aromatic rings. The number of hydrogen-bond donors (Lipinski definition) is 3. The summed E-state index contributed by atoms with van der Waals surface area (Å²) in [5, 5.41) is 9.63. The molecule has 6 heteroatoms. The van der Waals surface area contributed by atoms with Crippen molar-refractivity contribution in [3.05, 3.63) is 12.2 Å². The lowest BCUT2D eigenvalue weighted by Gasteiger charge is -2.06. The van der Waals surface area contributed by atoms with Crippen LogP contribution in [0.4, 0.5) is 0 Å². The fourth-order valence-corrected chi connectivity index (χ4v) is 1.26. The van der Waals surface area contributed by atoms with Gasteiger partial charge < -0.3 is 20.1 Å². The third kappa shape index (κ3) is 15.0. The zero-order valence-electron chi connectivity index (χ0n) is 12.0. The van der Waals surface area contributed by atoms with Crippen LogP contribution in [0.15, 0.2) is 12.2 Å². The van der Waals surface area contributed by atoms with Gasteiger partial charge in [-0.3, -0.25) is 5.32 Å². The number of hydrogen-bond acceptors (Lipinski definition) is 6. The number of nitrogens with one attached hydrogen (secondary N) is 3. The first-order valence-electron chi connectivity index (χ1n) is 6.84. The zero-order valence-corrected chi connectivity index (χ0v) is 12.0. The molecule has 112 valence electrons. The Bertz CT molecular complexity index is 235. The van der Waals surface area contributed by atoms with Gasteiger partial charge >= 0.3 is 5.97 Å². The summed E-state index contributed by atoms with van der Waals surface area (Å²) in [4.78, 5) is 11.0. The molecule has 0 rings (SSSR count). The highest BCUT2D eigenvalue weighted by molar-refractivity contribution is 5.81. The summed E-state index contributed by atoms with van der Waals surface area (Å²) >= 11 is 0. The lowest BCUT2D eigenvalue weighted by molar-refractivity contribution is -0.137. The van der Waals surface area contributed by atoms with E-state index in [1.807, 2.05) is 6.92 Å². The van der Waals surface area contributed by atoms with Crippen LogP contribution in [0.25, 0.3) is 0 Å². The van der Waals surface area contributed by atoms with E-state index in [1.54, 1.807) is 13.0 Å². The molecule has 0 heterocycles. The highest BCUT2D eigenvalue weighted by Gasteiger charge is 1.92. The van der Waals surface area contributed by atoms with E-state index >= 15 is 0 Å². The SMILES string of the molecule is CCOCNCCNCCNCC=CC(=O)OCC. The third-order valence-electron chi connectivity index (χ3n) is 2.17. The van der Waals surface area contributed by atoms with Crippen LogP contribution in [0.2, 0.25) is 0 Å². The fourth-order valence-electron chi connectivity index (χ4n) is 1.26. The molecule has 3 N–H and O–H groups in total. The monoisotopic (exact) mass is 273 g/mol. The first-order valence-corrected chi connectivity index (χ1v) is 6.84. The Morgan fingerprint density at radius 3 is 2.37 bits per heavy atom. The molecule has 0 spiro atoms. The van der Waals surface area contributed by atoms with Gasteiger partial charge in [0, 0.05) is 45.4 Å². The molecular weight excluding hydrogens is 246 g/mol. The lowest BCUT2D eigenvalue weighted by Crippen LogP contribution is -2.33. The van der Waals surface area contributed by atoms with E-state index in [-0.39, 0.29) is 5.97 Å². The van der Waals surface area contributed by atoms with Gasteiger partial charge in [-0.2, -0.15) is 0 Å². The molecule has 0 unspecified atom stereocenters. The van der Waals surface area contributed by atoms with E-state index in [1.165, 1.54) is 6.08 Å². The predicted octanol–water partition coefficient (Wildman–Crippen LogP) is -0.131. The Labute approximate surface area is 115 Å². The van der Waals surface area contributed by atoms with Gasteiger partial charge in [0.2, 0.25) is 0 Å². The molecule has 0 atom stereocenters. The van der Waals surface area contributed by atoms with Crippen molar-refractivity contribution in [3.63, 3.8) is 0 Å². The van der Waals surface area contributed by atoms with E-state index in [4.69, 9.17) is 9.47 Å². The third-order valence-corrected chi connectivity index (χ3v) is 2.17. The fraction of sp³-hybridized carbons (Fsp3) is 0.769. The summed E-state index contributed by atoms with van der Waals surface area (Å²) in [6.45, 7) is 9.75. The second kappa shape index (κ2) is 15.1. The first-order chi connectivity index (χ1) is 9.31. The molecule has 0 aromatic carbocycles. The number of rotatable bonds is 13. The molecule has 0 saturated heterocycles. The van der Waals surface area contributed by atoms with Crippen molar-refractivity contribution < 1.29 is 14.3 Å². The highest BCUT2D eigenvalue weighted by atomic mass is 16.5. The molecule has 0 saturated carbocycles. The van der Waals surface area contributed by atoms with Crippen LogP contribution in [-0.4, -0.2) is 58.6 Å². The second-order valence-corrected chi connectivity index (χ2v) is 3.75. The highest BCUT2D eigenvalue weighted by Crippen LogP contribution is 1.79. The first kappa shape index (κ1) is 18.0. The van der Waals surface area contributed by atoms with Crippen molar-refractivity contribution in [1.29, 1.82) is 0 Å². The topological polar surface area (TPSA) is 71.6 Å². The van der Waals surface area contributed by atoms with Gasteiger partial charge in [-0.15, -0.1) is 0 Å². The van der Waals surface area contributed by atoms with Crippen molar-refractivity contribution in [2.75, 3.05) is 52.7 Å². The molecule has 0 fully saturated rings. The number of ether oxygens (including phenoxy) is 2. The Hall–Kier alpha value is -0.950. The van der Waals surface area contributed by atoms with Crippen LogP contribution < -0.4 is 16.0 Å². The Morgan fingerprint density at radius 1 is 1.00 bits per heavy atom. The van der Waals surface area contributed by atoms with Crippen LogP contribution in [0.3, 0.4) is 0 Å². The summed E-state index contributed by atoms with van der Waals surface area (Å²) in [6, 6.07) is 0. The van der Waals surface area contributed by atoms with Crippen LogP contribution in [0.1, 0.15) is 13.8 Å². The molecule has 0 bridgehead atoms. The van der Waals surface area contributed by atoms with Crippen molar-refractivity contribution in [2.45, 2.75) is 13.8 Å². The summed E-state index contributed by atoms with van der Waals surface area (Å²) < 4.78 is 9.90. The van der Waals surface area contributed by atoms with Crippen LogP contribution >= 0.6 is 0 Å². The molecule has 19 heavy (non-hydrogen) atoms. The summed E-state index contributed by atoms with van der Waals surface area (Å²) in [7, 11) is 0. The van der Waals surface area contributed by atoms with E-state index < -0.39 is 0 Å². The quantitative estimate of drug-likeness (QED) is 0.188. The maximum Gasteiger partial charge on any atom is 0.330 e.